The summed E-state index contributed by atoms with van der Waals surface area (Å²) in [4.78, 5) is 0. The van der Waals surface area contributed by atoms with E-state index in [1.165, 1.54) is 16.7 Å². The van der Waals surface area contributed by atoms with Crippen molar-refractivity contribution in [1.29, 1.82) is 0 Å². The lowest BCUT2D eigenvalue weighted by Crippen LogP contribution is -1.97. The summed E-state index contributed by atoms with van der Waals surface area (Å²) in [6.45, 7) is 1.31. The molecule has 0 aliphatic heterocycles. The van der Waals surface area contributed by atoms with E-state index >= 15 is 0 Å². The van der Waals surface area contributed by atoms with Gasteiger partial charge in [-0.05, 0) is 112 Å². The predicted molar refractivity (Wildman–Crippen MR) is 196 cm³/mol. The van der Waals surface area contributed by atoms with Crippen molar-refractivity contribution in [2.24, 2.45) is 0 Å². The highest BCUT2D eigenvalue weighted by Crippen LogP contribution is 2.18. The normalized spacial score (nSPS) is 10.1. The Morgan fingerprint density at radius 1 is 0.312 bits per heavy atom. The fraction of sp³-hybridized carbons (Fsp3) is 0.571. The molecule has 0 aromatic heterocycles. The molecule has 0 bridgehead atoms. The SMILES string of the molecule is OCCCC#Cc1cc(C#CCCCO)cc(C#CCCCO)c1.OCCCCCc1cc(CCCCCO)cc(CCCCCO)c1. The first kappa shape index (κ1) is 42.9. The van der Waals surface area contributed by atoms with Gasteiger partial charge in [-0.2, -0.15) is 0 Å². The zero-order chi connectivity index (χ0) is 34.9. The molecule has 0 heterocycles. The Morgan fingerprint density at radius 3 is 0.833 bits per heavy atom. The van der Waals surface area contributed by atoms with Gasteiger partial charge in [0.1, 0.15) is 0 Å². The van der Waals surface area contributed by atoms with Crippen molar-refractivity contribution in [2.45, 2.75) is 116 Å². The van der Waals surface area contributed by atoms with Crippen LogP contribution < -0.4 is 0 Å². The van der Waals surface area contributed by atoms with E-state index in [2.05, 4.69) is 53.7 Å². The Hall–Kier alpha value is -3.12. The summed E-state index contributed by atoms with van der Waals surface area (Å²) in [5, 5.41) is 53.1. The summed E-state index contributed by atoms with van der Waals surface area (Å²) in [6, 6.07) is 12.8. The third-order valence-electron chi connectivity index (χ3n) is 7.49. The number of rotatable bonds is 21. The molecule has 264 valence electrons. The van der Waals surface area contributed by atoms with Gasteiger partial charge in [-0.1, -0.05) is 73.0 Å². The lowest BCUT2D eigenvalue weighted by molar-refractivity contribution is 0.283. The number of benzene rings is 2. The van der Waals surface area contributed by atoms with E-state index in [0.717, 1.165) is 93.7 Å². The molecule has 0 saturated heterocycles. The topological polar surface area (TPSA) is 121 Å². The summed E-state index contributed by atoms with van der Waals surface area (Å²) in [6.07, 6.45) is 16.6. The van der Waals surface area contributed by atoms with E-state index in [-0.39, 0.29) is 19.8 Å². The molecule has 0 saturated carbocycles. The van der Waals surface area contributed by atoms with E-state index in [1.807, 2.05) is 18.2 Å². The van der Waals surface area contributed by atoms with Crippen LogP contribution in [0.2, 0.25) is 0 Å². The van der Waals surface area contributed by atoms with Gasteiger partial charge >= 0.3 is 0 Å². The highest BCUT2D eigenvalue weighted by atomic mass is 16.3. The maximum absolute atomic E-state index is 8.90. The highest BCUT2D eigenvalue weighted by Gasteiger charge is 2.03. The van der Waals surface area contributed by atoms with E-state index in [1.54, 1.807) is 0 Å². The van der Waals surface area contributed by atoms with Crippen molar-refractivity contribution in [2.75, 3.05) is 39.6 Å². The fourth-order valence-electron chi connectivity index (χ4n) is 4.97. The molecule has 0 spiro atoms. The van der Waals surface area contributed by atoms with Gasteiger partial charge in [-0.3, -0.25) is 0 Å². The van der Waals surface area contributed by atoms with Crippen LogP contribution in [0, 0.1) is 35.5 Å². The molecule has 0 fully saturated rings. The summed E-state index contributed by atoms with van der Waals surface area (Å²) < 4.78 is 0. The van der Waals surface area contributed by atoms with Gasteiger partial charge in [-0.15, -0.1) is 0 Å². The van der Waals surface area contributed by atoms with Crippen LogP contribution in [0.3, 0.4) is 0 Å². The van der Waals surface area contributed by atoms with Crippen molar-refractivity contribution in [3.05, 3.63) is 69.8 Å². The molecule has 2 aromatic carbocycles. The predicted octanol–water partition coefficient (Wildman–Crippen LogP) is 5.86. The molecule has 0 atom stereocenters. The molecule has 0 unspecified atom stereocenters. The second-order valence-corrected chi connectivity index (χ2v) is 11.9. The molecular weight excluding hydrogens is 600 g/mol. The first-order chi connectivity index (χ1) is 23.6. The number of aliphatic hydroxyl groups excluding tert-OH is 6. The van der Waals surface area contributed by atoms with Crippen LogP contribution in [-0.4, -0.2) is 70.3 Å². The van der Waals surface area contributed by atoms with Crippen molar-refractivity contribution in [3.8, 4) is 35.5 Å². The second kappa shape index (κ2) is 31.2. The molecule has 6 nitrogen and oxygen atoms in total. The van der Waals surface area contributed by atoms with Crippen LogP contribution in [0.25, 0.3) is 0 Å². The van der Waals surface area contributed by atoms with Gasteiger partial charge in [0.05, 0.1) is 0 Å². The van der Waals surface area contributed by atoms with Gasteiger partial charge in [0.15, 0.2) is 0 Å². The van der Waals surface area contributed by atoms with E-state index in [0.29, 0.717) is 58.3 Å². The third-order valence-corrected chi connectivity index (χ3v) is 7.49. The average Bonchev–Trinajstić information content (AvgIpc) is 3.10. The standard InChI is InChI=1S/C21H36O3.C21H24O3/c2*22-13-7-1-4-10-19-16-20(11-5-2-8-14-23)18-21(17-19)12-6-3-9-15-24/h16-18,22-24H,1-15H2;16-18,22-24H,1-3,7-9,13-15H2. The molecule has 2 rings (SSSR count). The van der Waals surface area contributed by atoms with Crippen molar-refractivity contribution >= 4 is 0 Å². The smallest absolute Gasteiger partial charge is 0.0440 e. The monoisotopic (exact) mass is 660 g/mol. The molecule has 6 heteroatoms. The molecule has 48 heavy (non-hydrogen) atoms. The number of unbranched alkanes of at least 4 members (excludes halogenated alkanes) is 9. The van der Waals surface area contributed by atoms with Crippen LogP contribution in [0.15, 0.2) is 36.4 Å². The zero-order valence-electron chi connectivity index (χ0n) is 29.1. The largest absolute Gasteiger partial charge is 0.396 e. The minimum absolute atomic E-state index is 0.145. The van der Waals surface area contributed by atoms with Crippen molar-refractivity contribution in [1.82, 2.24) is 0 Å². The fourth-order valence-corrected chi connectivity index (χ4v) is 4.97. The Balaban J connectivity index is 0.000000480. The summed E-state index contributed by atoms with van der Waals surface area (Å²) in [5.41, 5.74) is 6.83. The van der Waals surface area contributed by atoms with E-state index in [9.17, 15) is 0 Å². The molecule has 0 radical (unpaired) electrons. The summed E-state index contributed by atoms with van der Waals surface area (Å²) >= 11 is 0. The number of aryl methyl sites for hydroxylation is 3. The molecule has 0 aliphatic carbocycles. The number of hydrogen-bond donors (Lipinski definition) is 6. The first-order valence-corrected chi connectivity index (χ1v) is 18.0. The molecule has 2 aromatic rings. The van der Waals surface area contributed by atoms with Gasteiger partial charge in [0, 0.05) is 75.6 Å². The van der Waals surface area contributed by atoms with Gasteiger partial charge in [0.2, 0.25) is 0 Å². The zero-order valence-corrected chi connectivity index (χ0v) is 29.1. The van der Waals surface area contributed by atoms with Crippen LogP contribution >= 0.6 is 0 Å². The van der Waals surface area contributed by atoms with Crippen molar-refractivity contribution in [3.63, 3.8) is 0 Å². The lowest BCUT2D eigenvalue weighted by Gasteiger charge is -2.10. The Morgan fingerprint density at radius 2 is 0.583 bits per heavy atom. The Bertz CT molecular complexity index is 1100. The minimum atomic E-state index is 0.145. The lowest BCUT2D eigenvalue weighted by atomic mass is 9.95. The highest BCUT2D eigenvalue weighted by molar-refractivity contribution is 5.51. The van der Waals surface area contributed by atoms with Crippen LogP contribution in [0.5, 0.6) is 0 Å². The summed E-state index contributed by atoms with van der Waals surface area (Å²) in [7, 11) is 0. The summed E-state index contributed by atoms with van der Waals surface area (Å²) in [5.74, 6) is 18.4. The van der Waals surface area contributed by atoms with Crippen LogP contribution in [0.1, 0.15) is 130 Å². The molecule has 0 aliphatic rings. The molecular formula is C42H60O6. The van der Waals surface area contributed by atoms with Gasteiger partial charge < -0.3 is 30.6 Å². The minimum Gasteiger partial charge on any atom is -0.396 e. The third kappa shape index (κ3) is 23.2. The molecule has 6 N–H and O–H groups in total. The number of aliphatic hydroxyl groups is 6. The second-order valence-electron chi connectivity index (χ2n) is 11.9. The first-order valence-electron chi connectivity index (χ1n) is 18.0. The van der Waals surface area contributed by atoms with Gasteiger partial charge in [0.25, 0.3) is 0 Å². The van der Waals surface area contributed by atoms with E-state index in [4.69, 9.17) is 30.6 Å². The molecule has 0 amide bonds. The maximum Gasteiger partial charge on any atom is 0.0440 e. The van der Waals surface area contributed by atoms with Crippen LogP contribution in [-0.2, 0) is 19.3 Å². The Kier molecular flexibility index (Phi) is 27.9. The average molecular weight is 661 g/mol. The van der Waals surface area contributed by atoms with E-state index < -0.39 is 0 Å². The van der Waals surface area contributed by atoms with Crippen molar-refractivity contribution < 1.29 is 30.6 Å². The Labute approximate surface area is 290 Å². The number of hydrogen-bond acceptors (Lipinski definition) is 6. The quantitative estimate of drug-likeness (QED) is 0.0737. The van der Waals surface area contributed by atoms with Crippen LogP contribution in [0.4, 0.5) is 0 Å². The van der Waals surface area contributed by atoms with Gasteiger partial charge in [-0.25, -0.2) is 0 Å². The maximum atomic E-state index is 8.90.